The van der Waals surface area contributed by atoms with Crippen molar-refractivity contribution in [3.63, 3.8) is 0 Å². The van der Waals surface area contributed by atoms with Crippen LogP contribution in [-0.2, 0) is 25.9 Å². The van der Waals surface area contributed by atoms with Crippen LogP contribution in [0.25, 0.3) is 10.2 Å². The maximum Gasteiger partial charge on any atom is 0.269 e. The molecule has 1 aliphatic carbocycles. The fourth-order valence-electron chi connectivity index (χ4n) is 3.94. The molecular formula is C21H24N4O3S. The highest BCUT2D eigenvalue weighted by atomic mass is 32.1. The van der Waals surface area contributed by atoms with Gasteiger partial charge < -0.3 is 4.90 Å². The van der Waals surface area contributed by atoms with Crippen molar-refractivity contribution >= 4 is 27.2 Å². The Morgan fingerprint density at radius 1 is 1.31 bits per heavy atom. The molecule has 7 nitrogen and oxygen atoms in total. The van der Waals surface area contributed by atoms with Crippen molar-refractivity contribution in [2.45, 2.75) is 39.3 Å². The molecular weight excluding hydrogens is 388 g/mol. The summed E-state index contributed by atoms with van der Waals surface area (Å²) >= 11 is 1.66. The predicted molar refractivity (Wildman–Crippen MR) is 115 cm³/mol. The topological polar surface area (TPSA) is 81.3 Å². The van der Waals surface area contributed by atoms with Crippen LogP contribution in [0.15, 0.2) is 29.1 Å². The summed E-state index contributed by atoms with van der Waals surface area (Å²) in [6.45, 7) is 3.16. The molecule has 0 N–H and O–H groups in total. The van der Waals surface area contributed by atoms with E-state index in [0.717, 1.165) is 40.9 Å². The van der Waals surface area contributed by atoms with Crippen LogP contribution in [0.2, 0.25) is 0 Å². The van der Waals surface area contributed by atoms with Crippen molar-refractivity contribution in [1.82, 2.24) is 14.5 Å². The molecule has 2 heterocycles. The third kappa shape index (κ3) is 3.82. The average molecular weight is 413 g/mol. The minimum Gasteiger partial charge on any atom is -0.302 e. The van der Waals surface area contributed by atoms with Gasteiger partial charge in [-0.3, -0.25) is 19.5 Å². The van der Waals surface area contributed by atoms with Gasteiger partial charge in [0.05, 0.1) is 23.4 Å². The summed E-state index contributed by atoms with van der Waals surface area (Å²) in [7, 11) is 3.90. The first kappa shape index (κ1) is 19.7. The van der Waals surface area contributed by atoms with Crippen molar-refractivity contribution < 1.29 is 4.92 Å². The second kappa shape index (κ2) is 7.68. The number of hydrogen-bond acceptors (Lipinski definition) is 6. The summed E-state index contributed by atoms with van der Waals surface area (Å²) in [6, 6.07) is 6.37. The van der Waals surface area contributed by atoms with Gasteiger partial charge in [0.2, 0.25) is 0 Å². The molecule has 0 saturated heterocycles. The molecule has 2 aromatic heterocycles. The van der Waals surface area contributed by atoms with Gasteiger partial charge in [-0.05, 0) is 50.4 Å². The van der Waals surface area contributed by atoms with Crippen molar-refractivity contribution in [3.8, 4) is 0 Å². The molecule has 1 aromatic carbocycles. The molecule has 0 aliphatic heterocycles. The number of nitro benzene ring substituents is 1. The SMILES string of the molecule is CC1CCc2c(sc3nc(CN(C)C)n(Cc4ccc([N+](=O)[O-])cc4)c(=O)c23)C1. The number of fused-ring (bicyclic) bond motifs is 3. The zero-order valence-corrected chi connectivity index (χ0v) is 17.7. The number of nitrogens with zero attached hydrogens (tertiary/aromatic N) is 4. The zero-order chi connectivity index (χ0) is 20.7. The Balaban J connectivity index is 1.83. The van der Waals surface area contributed by atoms with Crippen LogP contribution in [0.4, 0.5) is 5.69 Å². The van der Waals surface area contributed by atoms with E-state index in [-0.39, 0.29) is 11.2 Å². The molecule has 1 unspecified atom stereocenters. The maximum absolute atomic E-state index is 13.5. The van der Waals surface area contributed by atoms with Gasteiger partial charge in [0.15, 0.2) is 0 Å². The molecule has 1 aliphatic rings. The number of aromatic nitrogens is 2. The molecule has 0 spiro atoms. The molecule has 0 fully saturated rings. The fraction of sp³-hybridized carbons (Fsp3) is 0.429. The van der Waals surface area contributed by atoms with E-state index >= 15 is 0 Å². The zero-order valence-electron chi connectivity index (χ0n) is 16.8. The quantitative estimate of drug-likeness (QED) is 0.472. The van der Waals surface area contributed by atoms with Gasteiger partial charge in [-0.25, -0.2) is 4.98 Å². The van der Waals surface area contributed by atoms with Crippen LogP contribution in [0, 0.1) is 16.0 Å². The third-order valence-electron chi connectivity index (χ3n) is 5.44. The monoisotopic (exact) mass is 412 g/mol. The Hall–Kier alpha value is -2.58. The molecule has 0 bridgehead atoms. The van der Waals surface area contributed by atoms with E-state index in [1.165, 1.54) is 22.6 Å². The van der Waals surface area contributed by atoms with Gasteiger partial charge in [-0.2, -0.15) is 0 Å². The number of benzene rings is 1. The molecule has 0 amide bonds. The van der Waals surface area contributed by atoms with E-state index in [1.54, 1.807) is 28.0 Å². The van der Waals surface area contributed by atoms with Gasteiger partial charge in [-0.1, -0.05) is 19.1 Å². The lowest BCUT2D eigenvalue weighted by molar-refractivity contribution is -0.384. The molecule has 4 rings (SSSR count). The van der Waals surface area contributed by atoms with E-state index in [1.807, 2.05) is 19.0 Å². The molecule has 0 saturated carbocycles. The summed E-state index contributed by atoms with van der Waals surface area (Å²) in [5.41, 5.74) is 2.06. The lowest BCUT2D eigenvalue weighted by Gasteiger charge is -2.18. The predicted octanol–water partition coefficient (Wildman–Crippen LogP) is 3.60. The van der Waals surface area contributed by atoms with Gasteiger partial charge in [-0.15, -0.1) is 11.3 Å². The van der Waals surface area contributed by atoms with Crippen LogP contribution < -0.4 is 5.56 Å². The number of rotatable bonds is 5. The minimum absolute atomic E-state index is 0.00254. The number of aryl methyl sites for hydroxylation is 1. The van der Waals surface area contributed by atoms with E-state index in [2.05, 4.69) is 6.92 Å². The molecule has 1 atom stereocenters. The van der Waals surface area contributed by atoms with Gasteiger partial charge >= 0.3 is 0 Å². The Labute approximate surface area is 172 Å². The standard InChI is InChI=1S/C21H24N4O3S/c1-13-4-9-16-17(10-13)29-20-19(16)21(26)24(18(22-20)12-23(2)3)11-14-5-7-15(8-6-14)25(27)28/h5-8,13H,4,9-12H2,1-3H3. The van der Waals surface area contributed by atoms with E-state index in [4.69, 9.17) is 4.98 Å². The summed E-state index contributed by atoms with van der Waals surface area (Å²) in [5, 5.41) is 11.7. The Kier molecular flexibility index (Phi) is 5.23. The normalized spacial score (nSPS) is 16.3. The van der Waals surface area contributed by atoms with Crippen molar-refractivity contribution in [2.24, 2.45) is 5.92 Å². The highest BCUT2D eigenvalue weighted by molar-refractivity contribution is 7.18. The van der Waals surface area contributed by atoms with E-state index in [0.29, 0.717) is 19.0 Å². The Morgan fingerprint density at radius 3 is 2.69 bits per heavy atom. The fourth-order valence-corrected chi connectivity index (χ4v) is 5.33. The van der Waals surface area contributed by atoms with E-state index < -0.39 is 4.92 Å². The summed E-state index contributed by atoms with van der Waals surface area (Å²) in [6.07, 6.45) is 3.04. The van der Waals surface area contributed by atoms with Crippen molar-refractivity contribution in [1.29, 1.82) is 0 Å². The Bertz CT molecular complexity index is 1130. The molecule has 29 heavy (non-hydrogen) atoms. The highest BCUT2D eigenvalue weighted by Crippen LogP contribution is 2.36. The van der Waals surface area contributed by atoms with Crippen LogP contribution in [-0.4, -0.2) is 33.5 Å². The molecule has 0 radical (unpaired) electrons. The third-order valence-corrected chi connectivity index (χ3v) is 6.59. The van der Waals surface area contributed by atoms with Crippen molar-refractivity contribution in [3.05, 3.63) is 66.6 Å². The second-order valence-corrected chi connectivity index (χ2v) is 9.20. The summed E-state index contributed by atoms with van der Waals surface area (Å²) in [5.74, 6) is 1.36. The minimum atomic E-state index is -0.417. The maximum atomic E-state index is 13.5. The number of nitro groups is 1. The number of thiophene rings is 1. The van der Waals surface area contributed by atoms with Gasteiger partial charge in [0.1, 0.15) is 10.7 Å². The van der Waals surface area contributed by atoms with Crippen molar-refractivity contribution in [2.75, 3.05) is 14.1 Å². The van der Waals surface area contributed by atoms with Crippen LogP contribution in [0.1, 0.15) is 35.2 Å². The molecule has 152 valence electrons. The Morgan fingerprint density at radius 2 is 2.03 bits per heavy atom. The van der Waals surface area contributed by atoms with Crippen LogP contribution in [0.5, 0.6) is 0 Å². The van der Waals surface area contributed by atoms with Gasteiger partial charge in [0, 0.05) is 17.0 Å². The first-order valence-corrected chi connectivity index (χ1v) is 10.6. The summed E-state index contributed by atoms with van der Waals surface area (Å²) < 4.78 is 1.73. The lowest BCUT2D eigenvalue weighted by atomic mass is 9.89. The largest absolute Gasteiger partial charge is 0.302 e. The lowest BCUT2D eigenvalue weighted by Crippen LogP contribution is -2.29. The number of hydrogen-bond donors (Lipinski definition) is 0. The molecule has 3 aromatic rings. The first-order valence-electron chi connectivity index (χ1n) is 9.75. The smallest absolute Gasteiger partial charge is 0.269 e. The first-order chi connectivity index (χ1) is 13.8. The molecule has 8 heteroatoms. The van der Waals surface area contributed by atoms with E-state index in [9.17, 15) is 14.9 Å². The highest BCUT2D eigenvalue weighted by Gasteiger charge is 2.24. The summed E-state index contributed by atoms with van der Waals surface area (Å²) in [4.78, 5) is 33.0. The number of non-ortho nitro benzene ring substituents is 1. The van der Waals surface area contributed by atoms with Crippen LogP contribution >= 0.6 is 11.3 Å². The second-order valence-electron chi connectivity index (χ2n) is 8.11. The average Bonchev–Trinajstić information content (AvgIpc) is 3.02. The van der Waals surface area contributed by atoms with Gasteiger partial charge in [0.25, 0.3) is 11.2 Å². The van der Waals surface area contributed by atoms with Crippen LogP contribution in [0.3, 0.4) is 0 Å².